The molecular weight excluding hydrogens is 274 g/mol. The third-order valence-electron chi connectivity index (χ3n) is 3.45. The van der Waals surface area contributed by atoms with E-state index in [0.29, 0.717) is 19.4 Å². The first-order valence-corrected chi connectivity index (χ1v) is 7.61. The zero-order chi connectivity index (χ0) is 15.9. The normalized spacial score (nSPS) is 10.3. The van der Waals surface area contributed by atoms with E-state index in [-0.39, 0.29) is 5.91 Å². The predicted octanol–water partition coefficient (Wildman–Crippen LogP) is 4.41. The topological polar surface area (TPSA) is 38.3 Å². The number of ether oxygens (including phenoxy) is 1. The first kappa shape index (κ1) is 16.1. The molecule has 0 heterocycles. The van der Waals surface area contributed by atoms with Crippen LogP contribution in [0.2, 0.25) is 0 Å². The molecule has 0 fully saturated rings. The van der Waals surface area contributed by atoms with Crippen LogP contribution in [-0.2, 0) is 4.79 Å². The maximum atomic E-state index is 11.9. The summed E-state index contributed by atoms with van der Waals surface area (Å²) in [5.41, 5.74) is 4.28. The number of aryl methyl sites for hydroxylation is 3. The van der Waals surface area contributed by atoms with E-state index in [1.165, 1.54) is 5.56 Å². The van der Waals surface area contributed by atoms with Gasteiger partial charge in [-0.2, -0.15) is 0 Å². The summed E-state index contributed by atoms with van der Waals surface area (Å²) in [6.45, 7) is 6.63. The Labute approximate surface area is 132 Å². The number of benzene rings is 2. The summed E-state index contributed by atoms with van der Waals surface area (Å²) in [6, 6.07) is 14.0. The molecule has 0 saturated heterocycles. The minimum atomic E-state index is 0.0233. The van der Waals surface area contributed by atoms with Gasteiger partial charge >= 0.3 is 0 Å². The molecule has 1 N–H and O–H groups in total. The van der Waals surface area contributed by atoms with Crippen LogP contribution in [0.4, 0.5) is 5.69 Å². The molecule has 2 rings (SSSR count). The molecule has 2 aromatic carbocycles. The number of nitrogens with one attached hydrogen (secondary N) is 1. The third-order valence-corrected chi connectivity index (χ3v) is 3.45. The average Bonchev–Trinajstić information content (AvgIpc) is 2.47. The molecule has 0 atom stereocenters. The van der Waals surface area contributed by atoms with Crippen LogP contribution in [0.3, 0.4) is 0 Å². The van der Waals surface area contributed by atoms with Crippen LogP contribution in [0.25, 0.3) is 0 Å². The van der Waals surface area contributed by atoms with Gasteiger partial charge < -0.3 is 10.1 Å². The van der Waals surface area contributed by atoms with Crippen molar-refractivity contribution in [3.63, 3.8) is 0 Å². The number of hydrogen-bond donors (Lipinski definition) is 1. The van der Waals surface area contributed by atoms with Crippen LogP contribution >= 0.6 is 0 Å². The lowest BCUT2D eigenvalue weighted by atomic mass is 10.1. The van der Waals surface area contributed by atoms with E-state index in [1.807, 2.05) is 51.1 Å². The lowest BCUT2D eigenvalue weighted by Crippen LogP contribution is -2.13. The second-order valence-electron chi connectivity index (χ2n) is 5.64. The van der Waals surface area contributed by atoms with Crippen LogP contribution in [0.15, 0.2) is 42.5 Å². The van der Waals surface area contributed by atoms with Crippen molar-refractivity contribution < 1.29 is 9.53 Å². The van der Waals surface area contributed by atoms with Crippen molar-refractivity contribution in [2.24, 2.45) is 0 Å². The molecule has 116 valence electrons. The summed E-state index contributed by atoms with van der Waals surface area (Å²) in [6.07, 6.45) is 1.16. The van der Waals surface area contributed by atoms with Crippen molar-refractivity contribution in [3.05, 3.63) is 59.2 Å². The van der Waals surface area contributed by atoms with Gasteiger partial charge in [0.25, 0.3) is 0 Å². The molecular formula is C19H23NO2. The van der Waals surface area contributed by atoms with E-state index in [2.05, 4.69) is 17.4 Å². The summed E-state index contributed by atoms with van der Waals surface area (Å²) in [4.78, 5) is 11.9. The van der Waals surface area contributed by atoms with Crippen LogP contribution in [0.5, 0.6) is 5.75 Å². The Morgan fingerprint density at radius 1 is 1.05 bits per heavy atom. The molecule has 0 aromatic heterocycles. The molecule has 1 amide bonds. The lowest BCUT2D eigenvalue weighted by Gasteiger charge is -2.10. The second kappa shape index (κ2) is 7.64. The Morgan fingerprint density at radius 3 is 2.59 bits per heavy atom. The summed E-state index contributed by atoms with van der Waals surface area (Å²) in [7, 11) is 0. The van der Waals surface area contributed by atoms with Crippen molar-refractivity contribution in [1.29, 1.82) is 0 Å². The van der Waals surface area contributed by atoms with Gasteiger partial charge in [-0.05, 0) is 62.1 Å². The van der Waals surface area contributed by atoms with Crippen LogP contribution in [0, 0.1) is 20.8 Å². The number of hydrogen-bond acceptors (Lipinski definition) is 2. The third kappa shape index (κ3) is 4.92. The quantitative estimate of drug-likeness (QED) is 0.802. The zero-order valence-electron chi connectivity index (χ0n) is 13.5. The second-order valence-corrected chi connectivity index (χ2v) is 5.64. The van der Waals surface area contributed by atoms with Gasteiger partial charge in [-0.3, -0.25) is 4.79 Å². The van der Waals surface area contributed by atoms with Gasteiger partial charge in [0.15, 0.2) is 0 Å². The van der Waals surface area contributed by atoms with Gasteiger partial charge in [0.1, 0.15) is 5.75 Å². The smallest absolute Gasteiger partial charge is 0.224 e. The van der Waals surface area contributed by atoms with Crippen molar-refractivity contribution in [3.8, 4) is 5.75 Å². The highest BCUT2D eigenvalue weighted by Crippen LogP contribution is 2.19. The van der Waals surface area contributed by atoms with Crippen molar-refractivity contribution in [1.82, 2.24) is 0 Å². The Kier molecular flexibility index (Phi) is 5.59. The van der Waals surface area contributed by atoms with Gasteiger partial charge in [0.05, 0.1) is 6.61 Å². The molecule has 3 nitrogen and oxygen atoms in total. The van der Waals surface area contributed by atoms with Gasteiger partial charge in [0, 0.05) is 12.1 Å². The standard InChI is InChI=1S/C19H23NO2/c1-14-6-4-7-17(12-14)20-19(21)8-5-11-22-18-13-15(2)9-10-16(18)3/h4,6-7,9-10,12-13H,5,8,11H2,1-3H3,(H,20,21). The molecule has 0 aliphatic rings. The van der Waals surface area contributed by atoms with E-state index in [9.17, 15) is 4.79 Å². The number of carbonyl (C=O) groups excluding carboxylic acids is 1. The van der Waals surface area contributed by atoms with Gasteiger partial charge in [0.2, 0.25) is 5.91 Å². The molecule has 22 heavy (non-hydrogen) atoms. The van der Waals surface area contributed by atoms with E-state index >= 15 is 0 Å². The maximum absolute atomic E-state index is 11.9. The number of carbonyl (C=O) groups is 1. The van der Waals surface area contributed by atoms with E-state index in [1.54, 1.807) is 0 Å². The van der Waals surface area contributed by atoms with Crippen molar-refractivity contribution >= 4 is 11.6 Å². The Bertz CT molecular complexity index is 650. The predicted molar refractivity (Wildman–Crippen MR) is 90.5 cm³/mol. The Morgan fingerprint density at radius 2 is 1.82 bits per heavy atom. The average molecular weight is 297 g/mol. The molecule has 0 aliphatic heterocycles. The van der Waals surface area contributed by atoms with Crippen molar-refractivity contribution in [2.45, 2.75) is 33.6 Å². The van der Waals surface area contributed by atoms with E-state index < -0.39 is 0 Å². The SMILES string of the molecule is Cc1cccc(NC(=O)CCCOc2cc(C)ccc2C)c1. The summed E-state index contributed by atoms with van der Waals surface area (Å²) in [5.74, 6) is 0.925. The highest BCUT2D eigenvalue weighted by molar-refractivity contribution is 5.90. The maximum Gasteiger partial charge on any atom is 0.224 e. The fraction of sp³-hybridized carbons (Fsp3) is 0.316. The molecule has 0 radical (unpaired) electrons. The minimum Gasteiger partial charge on any atom is -0.493 e. The lowest BCUT2D eigenvalue weighted by molar-refractivity contribution is -0.116. The Hall–Kier alpha value is -2.29. The van der Waals surface area contributed by atoms with Crippen LogP contribution < -0.4 is 10.1 Å². The Balaban J connectivity index is 1.74. The number of amides is 1. The number of rotatable bonds is 6. The monoisotopic (exact) mass is 297 g/mol. The zero-order valence-corrected chi connectivity index (χ0v) is 13.5. The molecule has 0 spiro atoms. The molecule has 0 aliphatic carbocycles. The molecule has 0 unspecified atom stereocenters. The van der Waals surface area contributed by atoms with Crippen LogP contribution in [-0.4, -0.2) is 12.5 Å². The summed E-state index contributed by atoms with van der Waals surface area (Å²) < 4.78 is 5.76. The van der Waals surface area contributed by atoms with Gasteiger partial charge in [-0.25, -0.2) is 0 Å². The molecule has 0 bridgehead atoms. The number of anilines is 1. The van der Waals surface area contributed by atoms with E-state index in [0.717, 1.165) is 22.6 Å². The fourth-order valence-electron chi connectivity index (χ4n) is 2.22. The first-order chi connectivity index (χ1) is 10.5. The summed E-state index contributed by atoms with van der Waals surface area (Å²) >= 11 is 0. The molecule has 0 saturated carbocycles. The summed E-state index contributed by atoms with van der Waals surface area (Å²) in [5, 5.41) is 2.91. The van der Waals surface area contributed by atoms with Crippen LogP contribution in [0.1, 0.15) is 29.5 Å². The highest BCUT2D eigenvalue weighted by atomic mass is 16.5. The molecule has 3 heteroatoms. The van der Waals surface area contributed by atoms with Crippen molar-refractivity contribution in [2.75, 3.05) is 11.9 Å². The van der Waals surface area contributed by atoms with Gasteiger partial charge in [-0.15, -0.1) is 0 Å². The molecule has 2 aromatic rings. The van der Waals surface area contributed by atoms with E-state index in [4.69, 9.17) is 4.74 Å². The van der Waals surface area contributed by atoms with Gasteiger partial charge in [-0.1, -0.05) is 24.3 Å². The largest absolute Gasteiger partial charge is 0.493 e. The highest BCUT2D eigenvalue weighted by Gasteiger charge is 2.04. The minimum absolute atomic E-state index is 0.0233. The fourth-order valence-corrected chi connectivity index (χ4v) is 2.22. The first-order valence-electron chi connectivity index (χ1n) is 7.61.